The van der Waals surface area contributed by atoms with Crippen LogP contribution in [0.25, 0.3) is 0 Å². The van der Waals surface area contributed by atoms with Gasteiger partial charge in [-0.25, -0.2) is 15.0 Å². The summed E-state index contributed by atoms with van der Waals surface area (Å²) in [6.45, 7) is 1.14. The molecule has 0 spiro atoms. The highest BCUT2D eigenvalue weighted by Crippen LogP contribution is 2.17. The molecular formula is C12H21N5O2. The summed E-state index contributed by atoms with van der Waals surface area (Å²) in [4.78, 5) is 24.1. The SMILES string of the molecule is NC(=O)N1CCC(=NNC(=O)NC2CCCC2)CC1. The Morgan fingerprint density at radius 2 is 1.84 bits per heavy atom. The summed E-state index contributed by atoms with van der Waals surface area (Å²) in [6.07, 6.45) is 5.79. The van der Waals surface area contributed by atoms with Gasteiger partial charge in [0.15, 0.2) is 0 Å². The molecule has 19 heavy (non-hydrogen) atoms. The Morgan fingerprint density at radius 1 is 1.21 bits per heavy atom. The molecule has 1 aliphatic heterocycles. The van der Waals surface area contributed by atoms with Gasteiger partial charge in [-0.2, -0.15) is 5.10 Å². The molecule has 1 saturated heterocycles. The van der Waals surface area contributed by atoms with E-state index in [-0.39, 0.29) is 12.1 Å². The lowest BCUT2D eigenvalue weighted by atomic mass is 10.1. The lowest BCUT2D eigenvalue weighted by molar-refractivity contribution is 0.207. The third kappa shape index (κ3) is 4.11. The fourth-order valence-electron chi connectivity index (χ4n) is 2.51. The van der Waals surface area contributed by atoms with E-state index in [4.69, 9.17) is 5.73 Å². The molecule has 1 heterocycles. The Bertz CT molecular complexity index is 366. The summed E-state index contributed by atoms with van der Waals surface area (Å²) in [6, 6.07) is -0.348. The number of piperidine rings is 1. The first-order valence-electron chi connectivity index (χ1n) is 6.81. The van der Waals surface area contributed by atoms with Gasteiger partial charge in [-0.1, -0.05) is 12.8 Å². The van der Waals surface area contributed by atoms with E-state index in [1.54, 1.807) is 4.90 Å². The van der Waals surface area contributed by atoms with Crippen molar-refractivity contribution in [3.8, 4) is 0 Å². The van der Waals surface area contributed by atoms with Crippen molar-refractivity contribution >= 4 is 17.8 Å². The number of likely N-dealkylation sites (tertiary alicyclic amines) is 1. The standard InChI is InChI=1S/C12H21N5O2/c13-11(18)17-7-5-10(6-8-17)15-16-12(19)14-9-3-1-2-4-9/h9H,1-8H2,(H2,13,18)(H2,14,16,19). The van der Waals surface area contributed by atoms with Crippen molar-refractivity contribution in [2.75, 3.05) is 13.1 Å². The summed E-state index contributed by atoms with van der Waals surface area (Å²) in [5.41, 5.74) is 8.62. The van der Waals surface area contributed by atoms with Gasteiger partial charge in [0.2, 0.25) is 0 Å². The van der Waals surface area contributed by atoms with Crippen LogP contribution in [0.15, 0.2) is 5.10 Å². The highest BCUT2D eigenvalue weighted by molar-refractivity contribution is 5.88. The zero-order valence-corrected chi connectivity index (χ0v) is 11.0. The average molecular weight is 267 g/mol. The van der Waals surface area contributed by atoms with E-state index in [9.17, 15) is 9.59 Å². The number of rotatable bonds is 2. The van der Waals surface area contributed by atoms with Crippen molar-refractivity contribution in [3.05, 3.63) is 0 Å². The smallest absolute Gasteiger partial charge is 0.335 e. The summed E-state index contributed by atoms with van der Waals surface area (Å²) in [5, 5.41) is 7.00. The molecule has 2 rings (SSSR count). The Labute approximate surface area is 112 Å². The molecule has 0 radical (unpaired) electrons. The highest BCUT2D eigenvalue weighted by atomic mass is 16.2. The van der Waals surface area contributed by atoms with Crippen LogP contribution >= 0.6 is 0 Å². The number of primary amides is 1. The van der Waals surface area contributed by atoms with Gasteiger partial charge in [0.05, 0.1) is 0 Å². The maximum absolute atomic E-state index is 11.6. The van der Waals surface area contributed by atoms with E-state index in [0.717, 1.165) is 18.6 Å². The summed E-state index contributed by atoms with van der Waals surface area (Å²) in [7, 11) is 0. The second kappa shape index (κ2) is 6.40. The molecule has 0 aromatic rings. The number of hydrogen-bond acceptors (Lipinski definition) is 3. The van der Waals surface area contributed by atoms with Gasteiger partial charge >= 0.3 is 12.1 Å². The van der Waals surface area contributed by atoms with Crippen LogP contribution in [0.5, 0.6) is 0 Å². The number of carbonyl (C=O) groups is 2. The van der Waals surface area contributed by atoms with Crippen molar-refractivity contribution < 1.29 is 9.59 Å². The number of nitrogens with one attached hydrogen (secondary N) is 2. The summed E-state index contributed by atoms with van der Waals surface area (Å²) >= 11 is 0. The Kier molecular flexibility index (Phi) is 4.59. The van der Waals surface area contributed by atoms with Gasteiger partial charge in [0.1, 0.15) is 0 Å². The minimum atomic E-state index is -0.397. The fraction of sp³-hybridized carbons (Fsp3) is 0.750. The lowest BCUT2D eigenvalue weighted by Gasteiger charge is -2.25. The van der Waals surface area contributed by atoms with E-state index >= 15 is 0 Å². The number of amides is 4. The topological polar surface area (TPSA) is 99.8 Å². The van der Waals surface area contributed by atoms with Crippen LogP contribution in [0.1, 0.15) is 38.5 Å². The third-order valence-corrected chi connectivity index (χ3v) is 3.66. The van der Waals surface area contributed by atoms with E-state index in [1.807, 2.05) is 0 Å². The van der Waals surface area contributed by atoms with Crippen molar-refractivity contribution in [1.29, 1.82) is 0 Å². The van der Waals surface area contributed by atoms with Gasteiger partial charge in [0, 0.05) is 37.7 Å². The third-order valence-electron chi connectivity index (χ3n) is 3.66. The van der Waals surface area contributed by atoms with Crippen LogP contribution in [0.3, 0.4) is 0 Å². The number of hydrogen-bond donors (Lipinski definition) is 3. The predicted octanol–water partition coefficient (Wildman–Crippen LogP) is 0.759. The lowest BCUT2D eigenvalue weighted by Crippen LogP contribution is -2.43. The molecule has 4 amide bonds. The molecule has 1 aliphatic carbocycles. The molecular weight excluding hydrogens is 246 g/mol. The van der Waals surface area contributed by atoms with E-state index < -0.39 is 6.03 Å². The number of nitrogens with two attached hydrogens (primary N) is 1. The van der Waals surface area contributed by atoms with Crippen LogP contribution in [0.4, 0.5) is 9.59 Å². The first-order chi connectivity index (χ1) is 9.15. The Balaban J connectivity index is 1.70. The van der Waals surface area contributed by atoms with Crippen LogP contribution < -0.4 is 16.5 Å². The Morgan fingerprint density at radius 3 is 2.42 bits per heavy atom. The molecule has 0 unspecified atom stereocenters. The first-order valence-corrected chi connectivity index (χ1v) is 6.81. The quantitative estimate of drug-likeness (QED) is 0.643. The normalized spacial score (nSPS) is 20.2. The molecule has 4 N–H and O–H groups in total. The highest BCUT2D eigenvalue weighted by Gasteiger charge is 2.19. The second-order valence-corrected chi connectivity index (χ2v) is 5.07. The largest absolute Gasteiger partial charge is 0.351 e. The molecule has 7 nitrogen and oxygen atoms in total. The molecule has 7 heteroatoms. The molecule has 0 atom stereocenters. The van der Waals surface area contributed by atoms with Crippen molar-refractivity contribution in [2.45, 2.75) is 44.6 Å². The molecule has 106 valence electrons. The predicted molar refractivity (Wildman–Crippen MR) is 71.7 cm³/mol. The van der Waals surface area contributed by atoms with Crippen LogP contribution in [0, 0.1) is 0 Å². The Hall–Kier alpha value is -1.79. The molecule has 0 aromatic heterocycles. The van der Waals surface area contributed by atoms with Gasteiger partial charge in [-0.3, -0.25) is 0 Å². The molecule has 2 aliphatic rings. The molecule has 0 aromatic carbocycles. The minimum Gasteiger partial charge on any atom is -0.351 e. The van der Waals surface area contributed by atoms with E-state index in [1.165, 1.54) is 12.8 Å². The van der Waals surface area contributed by atoms with Crippen molar-refractivity contribution in [2.24, 2.45) is 10.8 Å². The van der Waals surface area contributed by atoms with E-state index in [2.05, 4.69) is 15.8 Å². The maximum atomic E-state index is 11.6. The number of urea groups is 2. The zero-order valence-electron chi connectivity index (χ0n) is 11.0. The number of nitrogens with zero attached hydrogens (tertiary/aromatic N) is 2. The summed E-state index contributed by atoms with van der Waals surface area (Å²) < 4.78 is 0. The molecule has 0 bridgehead atoms. The molecule has 1 saturated carbocycles. The number of carbonyl (C=O) groups excluding carboxylic acids is 2. The summed E-state index contributed by atoms with van der Waals surface area (Å²) in [5.74, 6) is 0. The zero-order chi connectivity index (χ0) is 13.7. The average Bonchev–Trinajstić information content (AvgIpc) is 2.89. The van der Waals surface area contributed by atoms with Crippen molar-refractivity contribution in [3.63, 3.8) is 0 Å². The molecule has 2 fully saturated rings. The van der Waals surface area contributed by atoms with Gasteiger partial charge < -0.3 is 16.0 Å². The second-order valence-electron chi connectivity index (χ2n) is 5.07. The van der Waals surface area contributed by atoms with Gasteiger partial charge in [-0.05, 0) is 12.8 Å². The first kappa shape index (κ1) is 13.6. The van der Waals surface area contributed by atoms with Crippen LogP contribution in [0.2, 0.25) is 0 Å². The van der Waals surface area contributed by atoms with Crippen LogP contribution in [-0.2, 0) is 0 Å². The van der Waals surface area contributed by atoms with Crippen LogP contribution in [-0.4, -0.2) is 41.8 Å². The van der Waals surface area contributed by atoms with E-state index in [0.29, 0.717) is 25.9 Å². The van der Waals surface area contributed by atoms with Gasteiger partial charge in [0.25, 0.3) is 0 Å². The number of hydrazone groups is 1. The van der Waals surface area contributed by atoms with Gasteiger partial charge in [-0.15, -0.1) is 0 Å². The fourth-order valence-corrected chi connectivity index (χ4v) is 2.51. The maximum Gasteiger partial charge on any atom is 0.335 e. The monoisotopic (exact) mass is 267 g/mol. The minimum absolute atomic E-state index is 0.239. The van der Waals surface area contributed by atoms with Crippen molar-refractivity contribution in [1.82, 2.24) is 15.6 Å².